The van der Waals surface area contributed by atoms with Crippen molar-refractivity contribution in [2.45, 2.75) is 43.0 Å². The van der Waals surface area contributed by atoms with Crippen LogP contribution in [-0.4, -0.2) is 32.6 Å². The number of aryl methyl sites for hydroxylation is 1. The summed E-state index contributed by atoms with van der Waals surface area (Å²) in [4.78, 5) is 29.0. The van der Waals surface area contributed by atoms with Gasteiger partial charge in [-0.3, -0.25) is 4.79 Å². The van der Waals surface area contributed by atoms with E-state index in [1.807, 2.05) is 18.3 Å². The van der Waals surface area contributed by atoms with Crippen molar-refractivity contribution in [3.05, 3.63) is 46.2 Å². The quantitative estimate of drug-likeness (QED) is 0.606. The zero-order valence-electron chi connectivity index (χ0n) is 16.9. The van der Waals surface area contributed by atoms with Crippen molar-refractivity contribution < 1.29 is 0 Å². The van der Waals surface area contributed by atoms with Gasteiger partial charge < -0.3 is 9.47 Å². The highest BCUT2D eigenvalue weighted by molar-refractivity contribution is 7.99. The summed E-state index contributed by atoms with van der Waals surface area (Å²) < 4.78 is 1.43. The number of hydrogen-bond acceptors (Lipinski definition) is 6. The summed E-state index contributed by atoms with van der Waals surface area (Å²) in [5.41, 5.74) is 0.875. The first-order valence-electron chi connectivity index (χ1n) is 9.79. The molecule has 0 unspecified atom stereocenters. The number of halogens is 1. The van der Waals surface area contributed by atoms with Crippen LogP contribution in [-0.2, 0) is 7.05 Å². The first kappa shape index (κ1) is 20.2. The van der Waals surface area contributed by atoms with Gasteiger partial charge in [0.2, 0.25) is 0 Å². The van der Waals surface area contributed by atoms with E-state index in [0.29, 0.717) is 21.3 Å². The molecule has 1 aliphatic heterocycles. The van der Waals surface area contributed by atoms with Crippen LogP contribution >= 0.6 is 23.4 Å². The van der Waals surface area contributed by atoms with Crippen molar-refractivity contribution in [3.8, 4) is 0 Å². The summed E-state index contributed by atoms with van der Waals surface area (Å²) in [6.45, 7) is 6.66. The van der Waals surface area contributed by atoms with Gasteiger partial charge >= 0.3 is 0 Å². The fourth-order valence-electron chi connectivity index (χ4n) is 3.58. The average molecular weight is 430 g/mol. The largest absolute Gasteiger partial charge is 0.355 e. The number of hydrogen-bond donors (Lipinski definition) is 0. The van der Waals surface area contributed by atoms with Crippen LogP contribution in [0.15, 0.2) is 45.6 Å². The van der Waals surface area contributed by atoms with Crippen LogP contribution in [0.4, 0.5) is 5.82 Å². The minimum atomic E-state index is -0.159. The molecular weight excluding hydrogens is 406 g/mol. The van der Waals surface area contributed by atoms with E-state index in [4.69, 9.17) is 11.6 Å². The van der Waals surface area contributed by atoms with Crippen molar-refractivity contribution in [1.29, 1.82) is 0 Å². The maximum Gasteiger partial charge on any atom is 0.262 e. The summed E-state index contributed by atoms with van der Waals surface area (Å²) in [5.74, 6) is 0.912. The molecule has 4 rings (SSSR count). The Morgan fingerprint density at radius 3 is 2.59 bits per heavy atom. The lowest BCUT2D eigenvalue weighted by atomic mass is 9.78. The van der Waals surface area contributed by atoms with Crippen molar-refractivity contribution in [2.24, 2.45) is 12.5 Å². The highest BCUT2D eigenvalue weighted by Crippen LogP contribution is 2.37. The molecule has 0 atom stereocenters. The third-order valence-electron chi connectivity index (χ3n) is 5.97. The number of fused-ring (bicyclic) bond motifs is 1. The third-order valence-corrected chi connectivity index (χ3v) is 7.45. The molecule has 1 aromatic carbocycles. The molecule has 152 valence electrons. The molecule has 29 heavy (non-hydrogen) atoms. The summed E-state index contributed by atoms with van der Waals surface area (Å²) in [6, 6.07) is 3.68. The second kappa shape index (κ2) is 7.95. The van der Waals surface area contributed by atoms with Gasteiger partial charge in [-0.05, 0) is 30.4 Å². The first-order chi connectivity index (χ1) is 13.9. The topological polar surface area (TPSA) is 63.9 Å². The van der Waals surface area contributed by atoms with E-state index in [2.05, 4.69) is 33.7 Å². The van der Waals surface area contributed by atoms with Gasteiger partial charge in [-0.2, -0.15) is 0 Å². The van der Waals surface area contributed by atoms with E-state index in [0.717, 1.165) is 28.8 Å². The Bertz CT molecular complexity index is 1090. The second-order valence-electron chi connectivity index (χ2n) is 7.90. The summed E-state index contributed by atoms with van der Waals surface area (Å²) in [5, 5.41) is 1.58. The Hall–Kier alpha value is -2.12. The van der Waals surface area contributed by atoms with Gasteiger partial charge in [0.05, 0.1) is 34.6 Å². The molecule has 2 aromatic heterocycles. The smallest absolute Gasteiger partial charge is 0.262 e. The van der Waals surface area contributed by atoms with E-state index in [9.17, 15) is 4.79 Å². The number of piperidine rings is 1. The summed E-state index contributed by atoms with van der Waals surface area (Å²) >= 11 is 7.93. The van der Waals surface area contributed by atoms with Gasteiger partial charge in [0.1, 0.15) is 10.8 Å². The minimum Gasteiger partial charge on any atom is -0.355 e. The molecule has 3 heterocycles. The molecule has 0 spiro atoms. The lowest BCUT2D eigenvalue weighted by molar-refractivity contribution is 0.237. The molecule has 0 bridgehead atoms. The molecule has 0 radical (unpaired) electrons. The molecule has 0 amide bonds. The lowest BCUT2D eigenvalue weighted by Crippen LogP contribution is -2.38. The first-order valence-corrected chi connectivity index (χ1v) is 11.0. The zero-order valence-corrected chi connectivity index (χ0v) is 18.4. The van der Waals surface area contributed by atoms with Gasteiger partial charge in [-0.1, -0.05) is 43.6 Å². The Labute approximate surface area is 179 Å². The van der Waals surface area contributed by atoms with Gasteiger partial charge in [0, 0.05) is 25.0 Å². The summed E-state index contributed by atoms with van der Waals surface area (Å²) in [7, 11) is 1.67. The van der Waals surface area contributed by atoms with E-state index < -0.39 is 0 Å². The standard InChI is InChI=1S/C21H24ClN5OS/c1-4-21(2)7-9-27(10-8-21)16-11-24-17(12-23-16)29-15-6-5-14-18(19(15)22)20(28)26(3)13-25-14/h5-6,11-13H,4,7-10H2,1-3H3. The Morgan fingerprint density at radius 2 is 1.93 bits per heavy atom. The van der Waals surface area contributed by atoms with Crippen LogP contribution in [0.2, 0.25) is 5.02 Å². The van der Waals surface area contributed by atoms with Crippen molar-refractivity contribution in [2.75, 3.05) is 18.0 Å². The monoisotopic (exact) mass is 429 g/mol. The maximum absolute atomic E-state index is 12.4. The van der Waals surface area contributed by atoms with Gasteiger partial charge in [0.15, 0.2) is 0 Å². The molecule has 0 aliphatic carbocycles. The fourth-order valence-corrected chi connectivity index (χ4v) is 4.70. The van der Waals surface area contributed by atoms with E-state index in [1.165, 1.54) is 41.9 Å². The predicted octanol–water partition coefficient (Wildman–Crippen LogP) is 4.54. The molecule has 1 fully saturated rings. The molecule has 8 heteroatoms. The van der Waals surface area contributed by atoms with Crippen LogP contribution in [0.1, 0.15) is 33.1 Å². The van der Waals surface area contributed by atoms with Crippen molar-refractivity contribution >= 4 is 40.1 Å². The number of rotatable bonds is 4. The number of aromatic nitrogens is 4. The van der Waals surface area contributed by atoms with Crippen LogP contribution < -0.4 is 10.5 Å². The van der Waals surface area contributed by atoms with Crippen LogP contribution in [0.25, 0.3) is 10.9 Å². The number of benzene rings is 1. The van der Waals surface area contributed by atoms with Crippen molar-refractivity contribution in [1.82, 2.24) is 19.5 Å². The molecular formula is C21H24ClN5OS. The Morgan fingerprint density at radius 1 is 1.17 bits per heavy atom. The Kier molecular flexibility index (Phi) is 5.53. The van der Waals surface area contributed by atoms with Crippen LogP contribution in [0.3, 0.4) is 0 Å². The lowest BCUT2D eigenvalue weighted by Gasteiger charge is -2.39. The maximum atomic E-state index is 12.4. The third kappa shape index (κ3) is 3.98. The normalized spacial score (nSPS) is 16.3. The van der Waals surface area contributed by atoms with Gasteiger partial charge in [0.25, 0.3) is 5.56 Å². The van der Waals surface area contributed by atoms with Crippen LogP contribution in [0.5, 0.6) is 0 Å². The molecule has 1 aliphatic rings. The van der Waals surface area contributed by atoms with Gasteiger partial charge in [-0.25, -0.2) is 15.0 Å². The molecule has 3 aromatic rings. The van der Waals surface area contributed by atoms with Crippen molar-refractivity contribution in [3.63, 3.8) is 0 Å². The molecule has 6 nitrogen and oxygen atoms in total. The van der Waals surface area contributed by atoms with Gasteiger partial charge in [-0.15, -0.1) is 0 Å². The number of anilines is 1. The molecule has 0 saturated carbocycles. The van der Waals surface area contributed by atoms with E-state index >= 15 is 0 Å². The zero-order chi connectivity index (χ0) is 20.6. The average Bonchev–Trinajstić information content (AvgIpc) is 2.74. The SMILES string of the molecule is CCC1(C)CCN(c2cnc(Sc3ccc4ncn(C)c(=O)c4c3Cl)cn2)CC1. The molecule has 1 saturated heterocycles. The molecule has 0 N–H and O–H groups in total. The van der Waals surface area contributed by atoms with E-state index in [1.54, 1.807) is 13.2 Å². The Balaban J connectivity index is 1.53. The fraction of sp³-hybridized carbons (Fsp3) is 0.429. The van der Waals surface area contributed by atoms with Crippen LogP contribution in [0, 0.1) is 5.41 Å². The van der Waals surface area contributed by atoms with E-state index in [-0.39, 0.29) is 5.56 Å². The highest BCUT2D eigenvalue weighted by Gasteiger charge is 2.28. The number of nitrogens with zero attached hydrogens (tertiary/aromatic N) is 5. The second-order valence-corrected chi connectivity index (χ2v) is 9.34. The highest BCUT2D eigenvalue weighted by atomic mass is 35.5. The minimum absolute atomic E-state index is 0.159. The summed E-state index contributed by atoms with van der Waals surface area (Å²) in [6.07, 6.45) is 8.67. The predicted molar refractivity (Wildman–Crippen MR) is 118 cm³/mol.